The van der Waals surface area contributed by atoms with Crippen LogP contribution in [0.25, 0.3) is 0 Å². The van der Waals surface area contributed by atoms with Gasteiger partial charge in [0.15, 0.2) is 6.61 Å². The summed E-state index contributed by atoms with van der Waals surface area (Å²) in [4.78, 5) is 11.9. The Morgan fingerprint density at radius 2 is 2.25 bits per heavy atom. The van der Waals surface area contributed by atoms with Crippen LogP contribution in [-0.2, 0) is 4.79 Å². The van der Waals surface area contributed by atoms with Gasteiger partial charge in [0.1, 0.15) is 11.6 Å². The van der Waals surface area contributed by atoms with Gasteiger partial charge in [-0.2, -0.15) is 5.10 Å². The highest BCUT2D eigenvalue weighted by atomic mass is 79.9. The third-order valence-electron chi connectivity index (χ3n) is 2.59. The van der Waals surface area contributed by atoms with Crippen LogP contribution in [-0.4, -0.2) is 22.3 Å². The number of aromatic nitrogens is 2. The predicted octanol–water partition coefficient (Wildman–Crippen LogP) is 3.24. The van der Waals surface area contributed by atoms with Gasteiger partial charge in [-0.15, -0.1) is 0 Å². The molecule has 1 aromatic heterocycles. The first kappa shape index (κ1) is 14.6. The molecule has 0 fully saturated rings. The average Bonchev–Trinajstić information content (AvgIpc) is 2.85. The zero-order chi connectivity index (χ0) is 14.5. The van der Waals surface area contributed by atoms with Crippen LogP contribution in [0, 0.1) is 0 Å². The summed E-state index contributed by atoms with van der Waals surface area (Å²) in [6.45, 7) is 3.96. The number of benzene rings is 1. The third-order valence-corrected chi connectivity index (χ3v) is 3.09. The molecule has 1 amide bonds. The standard InChI is InChI=1S/C14H16BrN3O2/c1-10(2)18-13(6-7-16-18)17-14(19)9-20-12-5-3-4-11(15)8-12/h3-8,10H,9H2,1-2H3,(H,17,19). The number of nitrogens with one attached hydrogen (secondary N) is 1. The highest BCUT2D eigenvalue weighted by Gasteiger charge is 2.10. The number of halogens is 1. The molecular formula is C14H16BrN3O2. The number of carbonyl (C=O) groups is 1. The van der Waals surface area contributed by atoms with E-state index in [-0.39, 0.29) is 18.6 Å². The molecule has 0 saturated heterocycles. The van der Waals surface area contributed by atoms with Crippen molar-refractivity contribution in [2.75, 3.05) is 11.9 Å². The van der Waals surface area contributed by atoms with Gasteiger partial charge < -0.3 is 10.1 Å². The van der Waals surface area contributed by atoms with Crippen molar-refractivity contribution in [3.05, 3.63) is 41.0 Å². The quantitative estimate of drug-likeness (QED) is 0.911. The second-order valence-electron chi connectivity index (χ2n) is 4.55. The van der Waals surface area contributed by atoms with Crippen molar-refractivity contribution in [1.29, 1.82) is 0 Å². The van der Waals surface area contributed by atoms with Crippen LogP contribution >= 0.6 is 15.9 Å². The van der Waals surface area contributed by atoms with Crippen LogP contribution in [0.1, 0.15) is 19.9 Å². The lowest BCUT2D eigenvalue weighted by atomic mass is 10.3. The molecule has 1 heterocycles. The number of carbonyl (C=O) groups excluding carboxylic acids is 1. The average molecular weight is 338 g/mol. The first-order valence-corrected chi connectivity index (χ1v) is 7.07. The predicted molar refractivity (Wildman–Crippen MR) is 80.9 cm³/mol. The van der Waals surface area contributed by atoms with E-state index in [1.165, 1.54) is 0 Å². The monoisotopic (exact) mass is 337 g/mol. The molecule has 0 saturated carbocycles. The van der Waals surface area contributed by atoms with Gasteiger partial charge in [-0.3, -0.25) is 4.79 Å². The maximum atomic E-state index is 11.9. The summed E-state index contributed by atoms with van der Waals surface area (Å²) in [7, 11) is 0. The minimum atomic E-state index is -0.215. The number of amides is 1. The van der Waals surface area contributed by atoms with E-state index >= 15 is 0 Å². The van der Waals surface area contributed by atoms with E-state index in [9.17, 15) is 4.79 Å². The number of hydrogen-bond donors (Lipinski definition) is 1. The van der Waals surface area contributed by atoms with Gasteiger partial charge in [-0.05, 0) is 32.0 Å². The Kier molecular flexibility index (Phi) is 4.79. The summed E-state index contributed by atoms with van der Waals surface area (Å²) >= 11 is 3.35. The number of ether oxygens (including phenoxy) is 1. The molecule has 2 rings (SSSR count). The van der Waals surface area contributed by atoms with E-state index in [4.69, 9.17) is 4.74 Å². The van der Waals surface area contributed by atoms with Gasteiger partial charge >= 0.3 is 0 Å². The van der Waals surface area contributed by atoms with Crippen LogP contribution in [0.15, 0.2) is 41.0 Å². The molecule has 20 heavy (non-hydrogen) atoms. The Morgan fingerprint density at radius 3 is 2.95 bits per heavy atom. The van der Waals surface area contributed by atoms with Crippen molar-refractivity contribution >= 4 is 27.7 Å². The molecule has 0 aliphatic heterocycles. The lowest BCUT2D eigenvalue weighted by Crippen LogP contribution is -2.22. The van der Waals surface area contributed by atoms with Crippen molar-refractivity contribution in [2.24, 2.45) is 0 Å². The van der Waals surface area contributed by atoms with Gasteiger partial charge in [0.25, 0.3) is 5.91 Å². The van der Waals surface area contributed by atoms with Gasteiger partial charge in [-0.1, -0.05) is 22.0 Å². The van der Waals surface area contributed by atoms with E-state index in [2.05, 4.69) is 26.3 Å². The summed E-state index contributed by atoms with van der Waals surface area (Å²) in [5.41, 5.74) is 0. The second-order valence-corrected chi connectivity index (χ2v) is 5.46. The molecular weight excluding hydrogens is 322 g/mol. The fourth-order valence-electron chi connectivity index (χ4n) is 1.71. The number of anilines is 1. The van der Waals surface area contributed by atoms with Crippen LogP contribution in [0.5, 0.6) is 5.75 Å². The maximum absolute atomic E-state index is 11.9. The molecule has 5 nitrogen and oxygen atoms in total. The summed E-state index contributed by atoms with van der Waals surface area (Å²) in [5, 5.41) is 6.94. The molecule has 2 aromatic rings. The third kappa shape index (κ3) is 3.84. The van der Waals surface area contributed by atoms with E-state index < -0.39 is 0 Å². The Labute approximate surface area is 126 Å². The summed E-state index contributed by atoms with van der Waals surface area (Å²) in [6, 6.07) is 9.31. The van der Waals surface area contributed by atoms with Gasteiger partial charge in [0.2, 0.25) is 0 Å². The lowest BCUT2D eigenvalue weighted by Gasteiger charge is -2.12. The molecule has 0 spiro atoms. The molecule has 6 heteroatoms. The largest absolute Gasteiger partial charge is 0.484 e. The molecule has 106 valence electrons. The number of hydrogen-bond acceptors (Lipinski definition) is 3. The van der Waals surface area contributed by atoms with E-state index in [0.717, 1.165) is 4.47 Å². The van der Waals surface area contributed by atoms with E-state index in [1.54, 1.807) is 23.0 Å². The van der Waals surface area contributed by atoms with Crippen LogP contribution in [0.2, 0.25) is 0 Å². The van der Waals surface area contributed by atoms with E-state index in [1.807, 2.05) is 32.0 Å². The molecule has 0 radical (unpaired) electrons. The number of rotatable bonds is 5. The Hall–Kier alpha value is -1.82. The zero-order valence-electron chi connectivity index (χ0n) is 11.3. The van der Waals surface area contributed by atoms with Crippen molar-refractivity contribution < 1.29 is 9.53 Å². The molecule has 0 aliphatic carbocycles. The molecule has 0 unspecified atom stereocenters. The zero-order valence-corrected chi connectivity index (χ0v) is 12.9. The topological polar surface area (TPSA) is 56.2 Å². The highest BCUT2D eigenvalue weighted by molar-refractivity contribution is 9.10. The summed E-state index contributed by atoms with van der Waals surface area (Å²) in [5.74, 6) is 1.10. The second kappa shape index (κ2) is 6.56. The van der Waals surface area contributed by atoms with Crippen LogP contribution in [0.4, 0.5) is 5.82 Å². The summed E-state index contributed by atoms with van der Waals surface area (Å²) in [6.07, 6.45) is 1.66. The first-order chi connectivity index (χ1) is 9.56. The van der Waals surface area contributed by atoms with Gasteiger partial charge in [0, 0.05) is 16.6 Å². The smallest absolute Gasteiger partial charge is 0.263 e. The molecule has 0 aliphatic rings. The maximum Gasteiger partial charge on any atom is 0.263 e. The van der Waals surface area contributed by atoms with Crippen molar-refractivity contribution in [2.45, 2.75) is 19.9 Å². The summed E-state index contributed by atoms with van der Waals surface area (Å²) < 4.78 is 8.08. The van der Waals surface area contributed by atoms with E-state index in [0.29, 0.717) is 11.6 Å². The molecule has 1 aromatic carbocycles. The Morgan fingerprint density at radius 1 is 1.45 bits per heavy atom. The number of nitrogens with zero attached hydrogens (tertiary/aromatic N) is 2. The molecule has 0 bridgehead atoms. The highest BCUT2D eigenvalue weighted by Crippen LogP contribution is 2.18. The SMILES string of the molecule is CC(C)n1nccc1NC(=O)COc1cccc(Br)c1. The normalized spacial score (nSPS) is 10.6. The lowest BCUT2D eigenvalue weighted by molar-refractivity contribution is -0.118. The fraction of sp³-hybridized carbons (Fsp3) is 0.286. The van der Waals surface area contributed by atoms with Crippen molar-refractivity contribution in [1.82, 2.24) is 9.78 Å². The minimum Gasteiger partial charge on any atom is -0.484 e. The van der Waals surface area contributed by atoms with Crippen molar-refractivity contribution in [3.63, 3.8) is 0 Å². The Balaban J connectivity index is 1.91. The van der Waals surface area contributed by atoms with Gasteiger partial charge in [0.05, 0.1) is 6.20 Å². The van der Waals surface area contributed by atoms with Gasteiger partial charge in [-0.25, -0.2) is 4.68 Å². The van der Waals surface area contributed by atoms with Crippen LogP contribution < -0.4 is 10.1 Å². The first-order valence-electron chi connectivity index (χ1n) is 6.28. The van der Waals surface area contributed by atoms with Crippen LogP contribution in [0.3, 0.4) is 0 Å². The van der Waals surface area contributed by atoms with Crippen molar-refractivity contribution in [3.8, 4) is 5.75 Å². The Bertz CT molecular complexity index is 596. The fourth-order valence-corrected chi connectivity index (χ4v) is 2.09. The molecule has 1 N–H and O–H groups in total. The molecule has 0 atom stereocenters. The minimum absolute atomic E-state index is 0.0419.